The summed E-state index contributed by atoms with van der Waals surface area (Å²) in [5.41, 5.74) is 0.692. The molecule has 0 radical (unpaired) electrons. The number of aromatic nitrogens is 4. The maximum Gasteiger partial charge on any atom is 0.433 e. The molecule has 0 saturated carbocycles. The third-order valence-corrected chi connectivity index (χ3v) is 3.64. The van der Waals surface area contributed by atoms with E-state index in [4.69, 9.17) is 5.11 Å². The van der Waals surface area contributed by atoms with Crippen LogP contribution in [0.1, 0.15) is 27.6 Å². The lowest BCUT2D eigenvalue weighted by Gasteiger charge is -2.12. The number of nitrogens with zero attached hydrogens (tertiary/aromatic N) is 4. The zero-order valence-electron chi connectivity index (χ0n) is 14.2. The summed E-state index contributed by atoms with van der Waals surface area (Å²) in [7, 11) is 0. The number of halogens is 3. The molecule has 3 aromatic rings. The Bertz CT molecular complexity index is 1010. The van der Waals surface area contributed by atoms with E-state index in [1.807, 2.05) is 0 Å². The summed E-state index contributed by atoms with van der Waals surface area (Å²) in [6, 6.07) is 5.92. The standard InChI is InChI=1S/C17H14F3N5O2/c1-9-5-11(23-16-21-4-3-14(24-16)17(18,19)20)7-12(6-9)25-8-13(15(26)27)22-10(25)2/h3-8H,1-2H3,(H,26,27)(H,21,23,24). The molecule has 0 atom stereocenters. The predicted octanol–water partition coefficient (Wildman–Crippen LogP) is 3.74. The number of hydrogen-bond donors (Lipinski definition) is 2. The molecule has 2 heterocycles. The molecule has 3 rings (SSSR count). The van der Waals surface area contributed by atoms with E-state index in [1.54, 1.807) is 36.6 Å². The second-order valence-electron chi connectivity index (χ2n) is 5.79. The third kappa shape index (κ3) is 4.05. The van der Waals surface area contributed by atoms with Gasteiger partial charge >= 0.3 is 12.1 Å². The lowest BCUT2D eigenvalue weighted by atomic mass is 10.2. The topological polar surface area (TPSA) is 92.9 Å². The Kier molecular flexibility index (Phi) is 4.56. The number of carbonyl (C=O) groups is 1. The van der Waals surface area contributed by atoms with Gasteiger partial charge in [0.1, 0.15) is 11.5 Å². The first-order valence-corrected chi connectivity index (χ1v) is 7.72. The SMILES string of the molecule is Cc1cc(Nc2nccc(C(F)(F)F)n2)cc(-n2cc(C(=O)O)nc2C)c1. The zero-order valence-corrected chi connectivity index (χ0v) is 14.2. The lowest BCUT2D eigenvalue weighted by Crippen LogP contribution is -2.10. The highest BCUT2D eigenvalue weighted by Crippen LogP contribution is 2.28. The molecule has 0 saturated heterocycles. The average molecular weight is 377 g/mol. The first kappa shape index (κ1) is 18.4. The number of aromatic carboxylic acids is 1. The predicted molar refractivity (Wildman–Crippen MR) is 90.3 cm³/mol. The van der Waals surface area contributed by atoms with Crippen molar-refractivity contribution in [2.24, 2.45) is 0 Å². The van der Waals surface area contributed by atoms with Crippen LogP contribution in [0.2, 0.25) is 0 Å². The van der Waals surface area contributed by atoms with Crippen LogP contribution in [0, 0.1) is 13.8 Å². The summed E-state index contributed by atoms with van der Waals surface area (Å²) in [4.78, 5) is 22.3. The van der Waals surface area contributed by atoms with Gasteiger partial charge in [0.05, 0.1) is 0 Å². The summed E-state index contributed by atoms with van der Waals surface area (Å²) in [5.74, 6) is -0.894. The van der Waals surface area contributed by atoms with Crippen molar-refractivity contribution in [1.29, 1.82) is 0 Å². The van der Waals surface area contributed by atoms with Crippen LogP contribution in [0.3, 0.4) is 0 Å². The Balaban J connectivity index is 1.96. The van der Waals surface area contributed by atoms with Crippen molar-refractivity contribution in [3.05, 3.63) is 59.4 Å². The maximum absolute atomic E-state index is 12.8. The lowest BCUT2D eigenvalue weighted by molar-refractivity contribution is -0.141. The van der Waals surface area contributed by atoms with Gasteiger partial charge in [-0.05, 0) is 43.7 Å². The van der Waals surface area contributed by atoms with E-state index in [9.17, 15) is 18.0 Å². The van der Waals surface area contributed by atoms with E-state index in [0.29, 0.717) is 17.2 Å². The fourth-order valence-electron chi connectivity index (χ4n) is 2.52. The minimum atomic E-state index is -4.57. The molecule has 0 aliphatic heterocycles. The number of rotatable bonds is 4. The van der Waals surface area contributed by atoms with E-state index in [-0.39, 0.29) is 11.6 Å². The van der Waals surface area contributed by atoms with Crippen LogP contribution in [0.15, 0.2) is 36.7 Å². The molecule has 1 aromatic carbocycles. The Hall–Kier alpha value is -3.43. The normalized spacial score (nSPS) is 11.4. The molecule has 10 heteroatoms. The number of carboxylic acids is 1. The van der Waals surface area contributed by atoms with E-state index in [0.717, 1.165) is 17.8 Å². The number of aryl methyl sites for hydroxylation is 2. The van der Waals surface area contributed by atoms with Crippen molar-refractivity contribution in [2.45, 2.75) is 20.0 Å². The minimum absolute atomic E-state index is 0.107. The summed E-state index contributed by atoms with van der Waals surface area (Å²) >= 11 is 0. The van der Waals surface area contributed by atoms with Gasteiger partial charge in [0, 0.05) is 23.8 Å². The number of benzene rings is 1. The van der Waals surface area contributed by atoms with Gasteiger partial charge in [-0.15, -0.1) is 0 Å². The molecule has 0 spiro atoms. The maximum atomic E-state index is 12.8. The number of nitrogens with one attached hydrogen (secondary N) is 1. The Morgan fingerprint density at radius 1 is 1.19 bits per heavy atom. The van der Waals surface area contributed by atoms with Crippen molar-refractivity contribution in [2.75, 3.05) is 5.32 Å². The third-order valence-electron chi connectivity index (χ3n) is 3.64. The summed E-state index contributed by atoms with van der Waals surface area (Å²) in [6.45, 7) is 3.45. The van der Waals surface area contributed by atoms with Crippen LogP contribution in [-0.2, 0) is 6.18 Å². The van der Waals surface area contributed by atoms with Crippen molar-refractivity contribution in [1.82, 2.24) is 19.5 Å². The zero-order chi connectivity index (χ0) is 19.8. The van der Waals surface area contributed by atoms with Gasteiger partial charge in [-0.1, -0.05) is 0 Å². The second-order valence-corrected chi connectivity index (χ2v) is 5.79. The fourth-order valence-corrected chi connectivity index (χ4v) is 2.52. The van der Waals surface area contributed by atoms with Crippen LogP contribution >= 0.6 is 0 Å². The quantitative estimate of drug-likeness (QED) is 0.720. The smallest absolute Gasteiger partial charge is 0.433 e. The van der Waals surface area contributed by atoms with Crippen LogP contribution in [-0.4, -0.2) is 30.6 Å². The molecular weight excluding hydrogens is 363 g/mol. The molecule has 2 N–H and O–H groups in total. The molecule has 0 aliphatic carbocycles. The molecule has 0 fully saturated rings. The Morgan fingerprint density at radius 3 is 2.56 bits per heavy atom. The van der Waals surface area contributed by atoms with E-state index < -0.39 is 17.8 Å². The number of anilines is 2. The monoisotopic (exact) mass is 377 g/mol. The largest absolute Gasteiger partial charge is 0.476 e. The first-order valence-electron chi connectivity index (χ1n) is 7.72. The Morgan fingerprint density at radius 2 is 1.93 bits per heavy atom. The highest BCUT2D eigenvalue weighted by molar-refractivity contribution is 5.85. The van der Waals surface area contributed by atoms with Crippen molar-refractivity contribution < 1.29 is 23.1 Å². The molecule has 7 nitrogen and oxygen atoms in total. The van der Waals surface area contributed by atoms with Crippen molar-refractivity contribution in [3.63, 3.8) is 0 Å². The first-order chi connectivity index (χ1) is 12.6. The highest BCUT2D eigenvalue weighted by Gasteiger charge is 2.32. The number of hydrogen-bond acceptors (Lipinski definition) is 5. The van der Waals surface area contributed by atoms with E-state index in [2.05, 4.69) is 20.3 Å². The highest BCUT2D eigenvalue weighted by atomic mass is 19.4. The minimum Gasteiger partial charge on any atom is -0.476 e. The second kappa shape index (κ2) is 6.71. The van der Waals surface area contributed by atoms with Crippen LogP contribution in [0.5, 0.6) is 0 Å². The number of alkyl halides is 3. The van der Waals surface area contributed by atoms with Crippen LogP contribution in [0.25, 0.3) is 5.69 Å². The van der Waals surface area contributed by atoms with Gasteiger partial charge in [-0.2, -0.15) is 13.2 Å². The molecule has 140 valence electrons. The molecule has 0 amide bonds. The van der Waals surface area contributed by atoms with Gasteiger partial charge in [-0.3, -0.25) is 0 Å². The number of imidazole rings is 1. The molecule has 0 unspecified atom stereocenters. The molecule has 27 heavy (non-hydrogen) atoms. The van der Waals surface area contributed by atoms with Gasteiger partial charge in [0.2, 0.25) is 5.95 Å². The fraction of sp³-hybridized carbons (Fsp3) is 0.176. The molecule has 0 aliphatic rings. The van der Waals surface area contributed by atoms with Crippen LogP contribution in [0.4, 0.5) is 24.8 Å². The van der Waals surface area contributed by atoms with E-state index >= 15 is 0 Å². The van der Waals surface area contributed by atoms with Crippen LogP contribution < -0.4 is 5.32 Å². The molecular formula is C17H14F3N5O2. The molecule has 2 aromatic heterocycles. The van der Waals surface area contributed by atoms with Gasteiger partial charge in [-0.25, -0.2) is 19.7 Å². The molecule has 0 bridgehead atoms. The summed E-state index contributed by atoms with van der Waals surface area (Å²) in [5, 5.41) is 11.8. The van der Waals surface area contributed by atoms with Gasteiger partial charge in [0.25, 0.3) is 0 Å². The average Bonchev–Trinajstić information content (AvgIpc) is 2.96. The van der Waals surface area contributed by atoms with Crippen molar-refractivity contribution >= 4 is 17.6 Å². The van der Waals surface area contributed by atoms with Crippen molar-refractivity contribution in [3.8, 4) is 5.69 Å². The number of carboxylic acid groups (broad SMARTS) is 1. The summed E-state index contributed by atoms with van der Waals surface area (Å²) < 4.78 is 40.0. The summed E-state index contributed by atoms with van der Waals surface area (Å²) in [6.07, 6.45) is -2.18. The Labute approximate surface area is 151 Å². The van der Waals surface area contributed by atoms with Gasteiger partial charge < -0.3 is 15.0 Å². The van der Waals surface area contributed by atoms with E-state index in [1.165, 1.54) is 6.20 Å². The van der Waals surface area contributed by atoms with Gasteiger partial charge in [0.15, 0.2) is 5.69 Å².